The highest BCUT2D eigenvalue weighted by atomic mass is 35.5. The summed E-state index contributed by atoms with van der Waals surface area (Å²) in [6.07, 6.45) is 6.14. The molecule has 1 N–H and O–H groups in total. The van der Waals surface area contributed by atoms with Gasteiger partial charge in [0.1, 0.15) is 11.7 Å². The van der Waals surface area contributed by atoms with E-state index in [1.54, 1.807) is 11.8 Å². The van der Waals surface area contributed by atoms with Gasteiger partial charge in [-0.1, -0.05) is 12.8 Å². The van der Waals surface area contributed by atoms with E-state index in [4.69, 9.17) is 11.6 Å². The van der Waals surface area contributed by atoms with E-state index in [1.807, 2.05) is 0 Å². The number of aliphatic carboxylic acids is 1. The highest BCUT2D eigenvalue weighted by Crippen LogP contribution is 2.48. The Hall–Kier alpha value is -1.96. The molecule has 1 atom stereocenters. The quantitative estimate of drug-likeness (QED) is 0.475. The van der Waals surface area contributed by atoms with Gasteiger partial charge in [0.05, 0.1) is 4.92 Å². The van der Waals surface area contributed by atoms with Crippen LogP contribution in [-0.4, -0.2) is 37.5 Å². The number of anilines is 1. The molecule has 0 saturated heterocycles. The fourth-order valence-corrected chi connectivity index (χ4v) is 3.84. The van der Waals surface area contributed by atoms with Crippen LogP contribution in [0.2, 0.25) is 5.28 Å². The van der Waals surface area contributed by atoms with Crippen molar-refractivity contribution >= 4 is 29.1 Å². The number of carbonyl (C=O) groups is 1. The van der Waals surface area contributed by atoms with Crippen molar-refractivity contribution in [3.05, 3.63) is 21.6 Å². The van der Waals surface area contributed by atoms with Crippen molar-refractivity contribution < 1.29 is 14.8 Å². The normalized spacial score (nSPS) is 20.6. The fraction of sp³-hybridized carbons (Fsp3) is 0.667. The Balaban J connectivity index is 2.17. The predicted molar refractivity (Wildman–Crippen MR) is 87.2 cm³/mol. The summed E-state index contributed by atoms with van der Waals surface area (Å²) in [5.41, 5.74) is -1.54. The summed E-state index contributed by atoms with van der Waals surface area (Å²) in [6, 6.07) is -0.101. The number of nitrogens with zero attached hydrogens (tertiary/aromatic N) is 4. The van der Waals surface area contributed by atoms with E-state index in [-0.39, 0.29) is 28.7 Å². The number of hydrogen-bond acceptors (Lipinski definition) is 6. The highest BCUT2D eigenvalue weighted by Gasteiger charge is 2.55. The van der Waals surface area contributed by atoms with Crippen LogP contribution in [0.15, 0.2) is 6.20 Å². The molecule has 0 aliphatic heterocycles. The lowest BCUT2D eigenvalue weighted by Crippen LogP contribution is -2.58. The number of carboxylic acids is 1. The van der Waals surface area contributed by atoms with Crippen molar-refractivity contribution in [1.82, 2.24) is 9.97 Å². The molecule has 0 radical (unpaired) electrons. The Labute approximate surface area is 144 Å². The van der Waals surface area contributed by atoms with Crippen LogP contribution in [0.1, 0.15) is 45.4 Å². The largest absolute Gasteiger partial charge is 0.479 e. The standard InChI is InChI=1S/C15H19ClN4O4/c1-15(13(21)22,9-6-7-9)19(10-4-2-3-5-10)12-11(20(23)24)8-17-14(16)18-12/h8-10H,2-7H2,1H3,(H,21,22). The minimum Gasteiger partial charge on any atom is -0.479 e. The number of carboxylic acid groups (broad SMARTS) is 1. The summed E-state index contributed by atoms with van der Waals surface area (Å²) in [5.74, 6) is -1.02. The molecule has 3 rings (SSSR count). The van der Waals surface area contributed by atoms with Crippen LogP contribution >= 0.6 is 11.6 Å². The molecule has 2 fully saturated rings. The number of hydrogen-bond donors (Lipinski definition) is 1. The molecule has 1 unspecified atom stereocenters. The molecule has 0 amide bonds. The molecule has 0 bridgehead atoms. The molecular formula is C15H19ClN4O4. The third-order valence-electron chi connectivity index (χ3n) is 5.14. The van der Waals surface area contributed by atoms with Crippen LogP contribution in [0.4, 0.5) is 11.5 Å². The molecule has 2 saturated carbocycles. The Bertz CT molecular complexity index is 675. The second-order valence-electron chi connectivity index (χ2n) is 6.64. The van der Waals surface area contributed by atoms with Gasteiger partial charge in [-0.3, -0.25) is 10.1 Å². The number of nitro groups is 1. The highest BCUT2D eigenvalue weighted by molar-refractivity contribution is 6.28. The van der Waals surface area contributed by atoms with Crippen LogP contribution in [0.5, 0.6) is 0 Å². The van der Waals surface area contributed by atoms with Gasteiger partial charge in [0, 0.05) is 6.04 Å². The predicted octanol–water partition coefficient (Wildman–Crippen LogP) is 3.04. The van der Waals surface area contributed by atoms with E-state index in [1.165, 1.54) is 0 Å². The van der Waals surface area contributed by atoms with E-state index >= 15 is 0 Å². The van der Waals surface area contributed by atoms with Gasteiger partial charge in [0.25, 0.3) is 0 Å². The molecule has 9 heteroatoms. The van der Waals surface area contributed by atoms with Crippen molar-refractivity contribution in [2.75, 3.05) is 4.90 Å². The Morgan fingerprint density at radius 2 is 2.04 bits per heavy atom. The van der Waals surface area contributed by atoms with Crippen molar-refractivity contribution in [2.45, 2.75) is 57.0 Å². The molecule has 2 aliphatic rings. The van der Waals surface area contributed by atoms with Gasteiger partial charge in [0.15, 0.2) is 0 Å². The van der Waals surface area contributed by atoms with Crippen molar-refractivity contribution in [3.63, 3.8) is 0 Å². The first-order valence-electron chi connectivity index (χ1n) is 8.05. The number of rotatable bonds is 6. The zero-order chi connectivity index (χ0) is 17.5. The second-order valence-corrected chi connectivity index (χ2v) is 6.98. The minimum absolute atomic E-state index is 0.0173. The first-order chi connectivity index (χ1) is 11.4. The molecular weight excluding hydrogens is 336 g/mol. The van der Waals surface area contributed by atoms with E-state index in [2.05, 4.69) is 9.97 Å². The number of halogens is 1. The molecule has 2 aliphatic carbocycles. The summed E-state index contributed by atoms with van der Waals surface area (Å²) in [4.78, 5) is 32.4. The smallest absolute Gasteiger partial charge is 0.329 e. The molecule has 1 heterocycles. The van der Waals surface area contributed by atoms with E-state index in [0.717, 1.165) is 44.7 Å². The molecule has 1 aromatic rings. The zero-order valence-corrected chi connectivity index (χ0v) is 14.1. The van der Waals surface area contributed by atoms with Gasteiger partial charge in [-0.15, -0.1) is 0 Å². The summed E-state index contributed by atoms with van der Waals surface area (Å²) in [5, 5.41) is 21.3. The third-order valence-corrected chi connectivity index (χ3v) is 5.32. The first kappa shape index (κ1) is 16.9. The van der Waals surface area contributed by atoms with E-state index < -0.39 is 16.4 Å². The lowest BCUT2D eigenvalue weighted by atomic mass is 9.90. The maximum atomic E-state index is 12.2. The maximum absolute atomic E-state index is 12.2. The lowest BCUT2D eigenvalue weighted by molar-refractivity contribution is -0.384. The SMILES string of the molecule is CC(C(=O)O)(C1CC1)N(c1nc(Cl)ncc1[N+](=O)[O-])C1CCCC1. The Kier molecular flexibility index (Phi) is 4.33. The second kappa shape index (κ2) is 6.16. The van der Waals surface area contributed by atoms with Gasteiger partial charge in [-0.2, -0.15) is 4.98 Å². The van der Waals surface area contributed by atoms with Crippen molar-refractivity contribution in [1.29, 1.82) is 0 Å². The molecule has 1 aromatic heterocycles. The molecule has 0 aromatic carbocycles. The maximum Gasteiger partial charge on any atom is 0.329 e. The van der Waals surface area contributed by atoms with Gasteiger partial charge in [0.2, 0.25) is 11.1 Å². The summed E-state index contributed by atoms with van der Waals surface area (Å²) in [6.45, 7) is 1.64. The topological polar surface area (TPSA) is 109 Å². The van der Waals surface area contributed by atoms with Gasteiger partial charge in [-0.05, 0) is 50.1 Å². The fourth-order valence-electron chi connectivity index (χ4n) is 3.71. The first-order valence-corrected chi connectivity index (χ1v) is 8.43. The van der Waals surface area contributed by atoms with Crippen molar-refractivity contribution in [2.24, 2.45) is 5.92 Å². The average Bonchev–Trinajstić information content (AvgIpc) is 3.25. The van der Waals surface area contributed by atoms with Gasteiger partial charge < -0.3 is 10.0 Å². The van der Waals surface area contributed by atoms with Crippen LogP contribution in [-0.2, 0) is 4.79 Å². The van der Waals surface area contributed by atoms with Crippen LogP contribution in [0, 0.1) is 16.0 Å². The van der Waals surface area contributed by atoms with Crippen LogP contribution < -0.4 is 4.90 Å². The number of aromatic nitrogens is 2. The summed E-state index contributed by atoms with van der Waals surface area (Å²) >= 11 is 5.88. The molecule has 130 valence electrons. The monoisotopic (exact) mass is 354 g/mol. The molecule has 8 nitrogen and oxygen atoms in total. The Morgan fingerprint density at radius 3 is 2.54 bits per heavy atom. The minimum atomic E-state index is -1.24. The van der Waals surface area contributed by atoms with Gasteiger partial charge >= 0.3 is 11.7 Å². The summed E-state index contributed by atoms with van der Waals surface area (Å²) in [7, 11) is 0. The summed E-state index contributed by atoms with van der Waals surface area (Å²) < 4.78 is 0. The van der Waals surface area contributed by atoms with E-state index in [9.17, 15) is 20.0 Å². The zero-order valence-electron chi connectivity index (χ0n) is 13.3. The Morgan fingerprint density at radius 1 is 1.42 bits per heavy atom. The van der Waals surface area contributed by atoms with E-state index in [0.29, 0.717) is 0 Å². The molecule has 24 heavy (non-hydrogen) atoms. The van der Waals surface area contributed by atoms with Crippen LogP contribution in [0.3, 0.4) is 0 Å². The lowest BCUT2D eigenvalue weighted by Gasteiger charge is -2.42. The third kappa shape index (κ3) is 2.79. The van der Waals surface area contributed by atoms with Crippen molar-refractivity contribution in [3.8, 4) is 0 Å². The molecule has 0 spiro atoms. The average molecular weight is 355 g/mol. The van der Waals surface area contributed by atoms with Crippen LogP contribution in [0.25, 0.3) is 0 Å². The van der Waals surface area contributed by atoms with Gasteiger partial charge in [-0.25, -0.2) is 9.78 Å².